The molecule has 0 unspecified atom stereocenters. The van der Waals surface area contributed by atoms with E-state index in [0.717, 1.165) is 29.5 Å². The van der Waals surface area contributed by atoms with E-state index in [9.17, 15) is 0 Å². The van der Waals surface area contributed by atoms with Crippen LogP contribution in [0.3, 0.4) is 0 Å². The van der Waals surface area contributed by atoms with Gasteiger partial charge in [0, 0.05) is 13.0 Å². The second-order valence-electron chi connectivity index (χ2n) is 2.68. The summed E-state index contributed by atoms with van der Waals surface area (Å²) in [6.07, 6.45) is 2.83. The summed E-state index contributed by atoms with van der Waals surface area (Å²) in [4.78, 5) is 4.31. The number of thioether (sulfide) groups is 1. The molecule has 0 aliphatic carbocycles. The molecule has 0 saturated carbocycles. The summed E-state index contributed by atoms with van der Waals surface area (Å²) in [5.41, 5.74) is 1.96. The van der Waals surface area contributed by atoms with Crippen molar-refractivity contribution < 1.29 is 0 Å². The molecule has 1 N–H and O–H groups in total. The average molecular weight is 198 g/mol. The summed E-state index contributed by atoms with van der Waals surface area (Å²) in [6.45, 7) is 2.88. The van der Waals surface area contributed by atoms with E-state index in [1.807, 2.05) is 20.2 Å². The van der Waals surface area contributed by atoms with Gasteiger partial charge in [-0.2, -0.15) is 5.10 Å². The Bertz CT molecular complexity index is 277. The molecular weight excluding hydrogens is 184 g/mol. The van der Waals surface area contributed by atoms with Gasteiger partial charge in [-0.25, -0.2) is 4.98 Å². The molecule has 1 aromatic heterocycles. The monoisotopic (exact) mass is 198 g/mol. The van der Waals surface area contributed by atoms with Gasteiger partial charge in [-0.15, -0.1) is 5.10 Å². The van der Waals surface area contributed by atoms with Crippen LogP contribution < -0.4 is 5.32 Å². The first-order chi connectivity index (χ1) is 6.27. The number of aromatic nitrogens is 3. The van der Waals surface area contributed by atoms with Crippen LogP contribution in [0.5, 0.6) is 0 Å². The highest BCUT2D eigenvalue weighted by molar-refractivity contribution is 7.98. The van der Waals surface area contributed by atoms with Gasteiger partial charge in [0.25, 0.3) is 0 Å². The van der Waals surface area contributed by atoms with Crippen LogP contribution in [0.1, 0.15) is 11.4 Å². The standard InChI is InChI=1S/C8H14N4S/c1-6-7(4-5-9-2)11-12-8(10-6)13-3/h9H,4-5H2,1-3H3. The van der Waals surface area contributed by atoms with Gasteiger partial charge >= 0.3 is 0 Å². The lowest BCUT2D eigenvalue weighted by Gasteiger charge is -2.03. The SMILES string of the molecule is CNCCc1nnc(SC)nc1C. The van der Waals surface area contributed by atoms with Gasteiger partial charge in [0.1, 0.15) is 0 Å². The zero-order chi connectivity index (χ0) is 9.68. The van der Waals surface area contributed by atoms with E-state index in [1.165, 1.54) is 11.8 Å². The molecule has 0 amide bonds. The van der Waals surface area contributed by atoms with Crippen molar-refractivity contribution in [3.8, 4) is 0 Å². The quantitative estimate of drug-likeness (QED) is 0.720. The topological polar surface area (TPSA) is 50.7 Å². The van der Waals surface area contributed by atoms with Crippen LogP contribution in [-0.2, 0) is 6.42 Å². The Morgan fingerprint density at radius 3 is 2.69 bits per heavy atom. The van der Waals surface area contributed by atoms with Crippen LogP contribution in [0, 0.1) is 6.92 Å². The normalized spacial score (nSPS) is 10.4. The van der Waals surface area contributed by atoms with E-state index in [-0.39, 0.29) is 0 Å². The molecule has 0 radical (unpaired) electrons. The van der Waals surface area contributed by atoms with Crippen molar-refractivity contribution in [3.63, 3.8) is 0 Å². The van der Waals surface area contributed by atoms with Crippen LogP contribution in [0.4, 0.5) is 0 Å². The van der Waals surface area contributed by atoms with Gasteiger partial charge in [-0.3, -0.25) is 0 Å². The predicted octanol–water partition coefficient (Wildman–Crippen LogP) is 0.664. The summed E-state index contributed by atoms with van der Waals surface area (Å²) in [5, 5.41) is 11.9. The molecule has 0 aliphatic heterocycles. The van der Waals surface area contributed by atoms with E-state index in [1.54, 1.807) is 0 Å². The second-order valence-corrected chi connectivity index (χ2v) is 3.46. The first kappa shape index (κ1) is 10.4. The number of nitrogens with one attached hydrogen (secondary N) is 1. The van der Waals surface area contributed by atoms with Crippen molar-refractivity contribution in [2.45, 2.75) is 18.5 Å². The number of aryl methyl sites for hydroxylation is 1. The zero-order valence-electron chi connectivity index (χ0n) is 8.16. The van der Waals surface area contributed by atoms with Crippen molar-refractivity contribution in [1.82, 2.24) is 20.5 Å². The van der Waals surface area contributed by atoms with Crippen LogP contribution >= 0.6 is 11.8 Å². The van der Waals surface area contributed by atoms with Crippen molar-refractivity contribution in [1.29, 1.82) is 0 Å². The van der Waals surface area contributed by atoms with Gasteiger partial charge < -0.3 is 5.32 Å². The zero-order valence-corrected chi connectivity index (χ0v) is 8.98. The molecule has 0 aromatic carbocycles. The highest BCUT2D eigenvalue weighted by atomic mass is 32.2. The molecule has 0 aliphatic rings. The van der Waals surface area contributed by atoms with Gasteiger partial charge in [0.05, 0.1) is 11.4 Å². The van der Waals surface area contributed by atoms with Crippen molar-refractivity contribution >= 4 is 11.8 Å². The molecule has 0 bridgehead atoms. The average Bonchev–Trinajstić information content (AvgIpc) is 2.16. The number of hydrogen-bond acceptors (Lipinski definition) is 5. The Balaban J connectivity index is 2.73. The van der Waals surface area contributed by atoms with Crippen LogP contribution in [0.15, 0.2) is 5.16 Å². The van der Waals surface area contributed by atoms with Gasteiger partial charge in [-0.05, 0) is 20.2 Å². The Morgan fingerprint density at radius 2 is 2.15 bits per heavy atom. The molecule has 72 valence electrons. The molecule has 1 heterocycles. The summed E-state index contributed by atoms with van der Waals surface area (Å²) < 4.78 is 0. The molecule has 1 rings (SSSR count). The van der Waals surface area contributed by atoms with Gasteiger partial charge in [-0.1, -0.05) is 11.8 Å². The highest BCUT2D eigenvalue weighted by Gasteiger charge is 2.03. The van der Waals surface area contributed by atoms with E-state index in [2.05, 4.69) is 20.5 Å². The van der Waals surface area contributed by atoms with E-state index < -0.39 is 0 Å². The summed E-state index contributed by atoms with van der Waals surface area (Å²) in [5.74, 6) is 0. The summed E-state index contributed by atoms with van der Waals surface area (Å²) in [6, 6.07) is 0. The minimum Gasteiger partial charge on any atom is -0.319 e. The van der Waals surface area contributed by atoms with Gasteiger partial charge in [0.2, 0.25) is 5.16 Å². The minimum atomic E-state index is 0.741. The highest BCUT2D eigenvalue weighted by Crippen LogP contribution is 2.08. The molecular formula is C8H14N4S. The Morgan fingerprint density at radius 1 is 1.38 bits per heavy atom. The largest absolute Gasteiger partial charge is 0.319 e. The fraction of sp³-hybridized carbons (Fsp3) is 0.625. The van der Waals surface area contributed by atoms with Crippen LogP contribution in [0.25, 0.3) is 0 Å². The third kappa shape index (κ3) is 2.93. The molecule has 0 fully saturated rings. The van der Waals surface area contributed by atoms with Crippen LogP contribution in [-0.4, -0.2) is 35.0 Å². The Hall–Kier alpha value is -0.680. The third-order valence-electron chi connectivity index (χ3n) is 1.73. The van der Waals surface area contributed by atoms with Crippen molar-refractivity contribution in [3.05, 3.63) is 11.4 Å². The lowest BCUT2D eigenvalue weighted by molar-refractivity contribution is 0.713. The maximum absolute atomic E-state index is 4.31. The number of nitrogens with zero attached hydrogens (tertiary/aromatic N) is 3. The van der Waals surface area contributed by atoms with Gasteiger partial charge in [0.15, 0.2) is 0 Å². The summed E-state index contributed by atoms with van der Waals surface area (Å²) >= 11 is 1.52. The number of hydrogen-bond donors (Lipinski definition) is 1. The molecule has 13 heavy (non-hydrogen) atoms. The predicted molar refractivity (Wildman–Crippen MR) is 54.0 cm³/mol. The van der Waals surface area contributed by atoms with Crippen LogP contribution in [0.2, 0.25) is 0 Å². The Kier molecular flexibility index (Phi) is 4.11. The van der Waals surface area contributed by atoms with E-state index >= 15 is 0 Å². The maximum atomic E-state index is 4.31. The minimum absolute atomic E-state index is 0.741. The number of likely N-dealkylation sites (N-methyl/N-ethyl adjacent to an activating group) is 1. The fourth-order valence-corrected chi connectivity index (χ4v) is 1.32. The molecule has 4 nitrogen and oxygen atoms in total. The Labute approximate surface area is 82.6 Å². The second kappa shape index (κ2) is 5.14. The molecule has 0 saturated heterocycles. The lowest BCUT2D eigenvalue weighted by Crippen LogP contribution is -2.13. The molecule has 5 heteroatoms. The molecule has 0 atom stereocenters. The first-order valence-corrected chi connectivity index (χ1v) is 5.39. The smallest absolute Gasteiger partial charge is 0.209 e. The fourth-order valence-electron chi connectivity index (χ4n) is 0.967. The van der Waals surface area contributed by atoms with E-state index in [0.29, 0.717) is 0 Å². The molecule has 1 aromatic rings. The lowest BCUT2D eigenvalue weighted by atomic mass is 10.2. The van der Waals surface area contributed by atoms with Crippen molar-refractivity contribution in [2.75, 3.05) is 19.8 Å². The number of rotatable bonds is 4. The van der Waals surface area contributed by atoms with Crippen molar-refractivity contribution in [2.24, 2.45) is 0 Å². The third-order valence-corrected chi connectivity index (χ3v) is 2.27. The first-order valence-electron chi connectivity index (χ1n) is 4.16. The van der Waals surface area contributed by atoms with E-state index in [4.69, 9.17) is 0 Å². The maximum Gasteiger partial charge on any atom is 0.209 e. The summed E-state index contributed by atoms with van der Waals surface area (Å²) in [7, 11) is 1.92. The molecule has 0 spiro atoms.